The van der Waals surface area contributed by atoms with Crippen LogP contribution in [0.15, 0.2) is 10.3 Å². The first-order chi connectivity index (χ1) is 9.91. The van der Waals surface area contributed by atoms with Gasteiger partial charge in [0.25, 0.3) is 0 Å². The lowest BCUT2D eigenvalue weighted by molar-refractivity contribution is 0.142. The van der Waals surface area contributed by atoms with Crippen molar-refractivity contribution in [1.29, 1.82) is 0 Å². The van der Waals surface area contributed by atoms with Crippen molar-refractivity contribution in [2.24, 2.45) is 0 Å². The summed E-state index contributed by atoms with van der Waals surface area (Å²) < 4.78 is 27.2. The Balaban J connectivity index is 2.17. The van der Waals surface area contributed by atoms with E-state index in [0.29, 0.717) is 28.9 Å². The lowest BCUT2D eigenvalue weighted by atomic mass is 10.2. The number of sulfonamides is 1. The van der Waals surface area contributed by atoms with Gasteiger partial charge in [-0.2, -0.15) is 4.31 Å². The molecule has 120 valence electrons. The van der Waals surface area contributed by atoms with E-state index in [1.807, 2.05) is 0 Å². The molecule has 1 saturated heterocycles. The van der Waals surface area contributed by atoms with Gasteiger partial charge in [-0.1, -0.05) is 6.92 Å². The van der Waals surface area contributed by atoms with Gasteiger partial charge in [0.15, 0.2) is 0 Å². The third-order valence-corrected chi connectivity index (χ3v) is 7.57. The van der Waals surface area contributed by atoms with Crippen molar-refractivity contribution >= 4 is 21.4 Å². The van der Waals surface area contributed by atoms with Crippen LogP contribution in [-0.2, 0) is 16.6 Å². The molecular weight excluding hydrogens is 308 g/mol. The monoisotopic (exact) mass is 332 g/mol. The van der Waals surface area contributed by atoms with Crippen LogP contribution in [0.2, 0.25) is 0 Å². The van der Waals surface area contributed by atoms with E-state index in [-0.39, 0.29) is 6.61 Å². The number of hydrogen-bond donors (Lipinski definition) is 1. The second-order valence-corrected chi connectivity index (χ2v) is 8.37. The number of rotatable bonds is 5. The highest BCUT2D eigenvalue weighted by molar-refractivity contribution is 7.89. The molecule has 5 nitrogen and oxygen atoms in total. The van der Waals surface area contributed by atoms with Crippen LogP contribution in [0.4, 0.5) is 0 Å². The Kier molecular flexibility index (Phi) is 5.43. The van der Waals surface area contributed by atoms with Crippen LogP contribution >= 0.6 is 11.3 Å². The zero-order chi connectivity index (χ0) is 15.6. The fourth-order valence-corrected chi connectivity index (χ4v) is 5.75. The van der Waals surface area contributed by atoms with Crippen molar-refractivity contribution in [3.05, 3.63) is 15.8 Å². The molecule has 1 aliphatic rings. The van der Waals surface area contributed by atoms with Gasteiger partial charge in [0.05, 0.1) is 11.5 Å². The average molecular weight is 332 g/mol. The minimum Gasteiger partial charge on any atom is -0.391 e. The molecule has 2 rings (SSSR count). The van der Waals surface area contributed by atoms with Crippen molar-refractivity contribution in [2.45, 2.75) is 44.7 Å². The van der Waals surface area contributed by atoms with Gasteiger partial charge < -0.3 is 5.11 Å². The highest BCUT2D eigenvalue weighted by atomic mass is 32.2. The highest BCUT2D eigenvalue weighted by Crippen LogP contribution is 2.30. The van der Waals surface area contributed by atoms with Gasteiger partial charge in [-0.3, -0.25) is 4.90 Å². The van der Waals surface area contributed by atoms with Gasteiger partial charge >= 0.3 is 0 Å². The standard InChI is InChI=1S/C14H24N2O3S2/c1-4-12(3)15-5-7-16(8-6-15)21(18,19)14-11(2)10-20-13(14)9-17/h10,12,17H,4-9H2,1-3H3. The summed E-state index contributed by atoms with van der Waals surface area (Å²) in [7, 11) is -3.49. The first-order valence-electron chi connectivity index (χ1n) is 7.33. The predicted molar refractivity (Wildman–Crippen MR) is 85.1 cm³/mol. The molecule has 0 aromatic carbocycles. The maximum absolute atomic E-state index is 12.8. The van der Waals surface area contributed by atoms with Crippen LogP contribution in [0, 0.1) is 6.92 Å². The smallest absolute Gasteiger partial charge is 0.244 e. The fraction of sp³-hybridized carbons (Fsp3) is 0.714. The maximum Gasteiger partial charge on any atom is 0.244 e. The van der Waals surface area contributed by atoms with Crippen molar-refractivity contribution in [2.75, 3.05) is 26.2 Å². The molecule has 1 atom stereocenters. The number of piperazine rings is 1. The van der Waals surface area contributed by atoms with Gasteiger partial charge in [-0.15, -0.1) is 11.3 Å². The van der Waals surface area contributed by atoms with Crippen molar-refractivity contribution in [3.8, 4) is 0 Å². The Hall–Kier alpha value is -0.470. The summed E-state index contributed by atoms with van der Waals surface area (Å²) in [4.78, 5) is 3.18. The van der Waals surface area contributed by atoms with Crippen LogP contribution in [0.25, 0.3) is 0 Å². The molecule has 0 saturated carbocycles. The second kappa shape index (κ2) is 6.75. The van der Waals surface area contributed by atoms with E-state index in [1.54, 1.807) is 16.6 Å². The average Bonchev–Trinajstić information content (AvgIpc) is 2.88. The van der Waals surface area contributed by atoms with Gasteiger partial charge in [0.2, 0.25) is 10.0 Å². The molecule has 1 aromatic rings. The van der Waals surface area contributed by atoms with E-state index in [0.717, 1.165) is 25.1 Å². The number of aliphatic hydroxyl groups excluding tert-OH is 1. The highest BCUT2D eigenvalue weighted by Gasteiger charge is 2.32. The molecular formula is C14H24N2O3S2. The van der Waals surface area contributed by atoms with E-state index in [1.165, 1.54) is 11.3 Å². The van der Waals surface area contributed by atoms with Gasteiger partial charge in [-0.25, -0.2) is 8.42 Å². The Morgan fingerprint density at radius 2 is 1.95 bits per heavy atom. The van der Waals surface area contributed by atoms with Gasteiger partial charge in [0, 0.05) is 32.2 Å². The largest absolute Gasteiger partial charge is 0.391 e. The topological polar surface area (TPSA) is 60.9 Å². The van der Waals surface area contributed by atoms with E-state index in [2.05, 4.69) is 18.7 Å². The van der Waals surface area contributed by atoms with Crippen LogP contribution < -0.4 is 0 Å². The van der Waals surface area contributed by atoms with E-state index in [4.69, 9.17) is 0 Å². The zero-order valence-corrected chi connectivity index (χ0v) is 14.5. The summed E-state index contributed by atoms with van der Waals surface area (Å²) in [6, 6.07) is 0.491. The first kappa shape index (κ1) is 16.9. The van der Waals surface area contributed by atoms with E-state index >= 15 is 0 Å². The van der Waals surface area contributed by atoms with Crippen LogP contribution in [0.1, 0.15) is 30.7 Å². The fourth-order valence-electron chi connectivity index (χ4n) is 2.71. The van der Waals surface area contributed by atoms with Crippen molar-refractivity contribution in [1.82, 2.24) is 9.21 Å². The van der Waals surface area contributed by atoms with Crippen molar-refractivity contribution in [3.63, 3.8) is 0 Å². The Morgan fingerprint density at radius 3 is 2.48 bits per heavy atom. The van der Waals surface area contributed by atoms with E-state index < -0.39 is 10.0 Å². The Labute approximate surface area is 131 Å². The molecule has 1 fully saturated rings. The molecule has 0 spiro atoms. The van der Waals surface area contributed by atoms with Gasteiger partial charge in [-0.05, 0) is 31.2 Å². The lowest BCUT2D eigenvalue weighted by Gasteiger charge is -2.37. The van der Waals surface area contributed by atoms with Crippen LogP contribution in [0.3, 0.4) is 0 Å². The van der Waals surface area contributed by atoms with Crippen LogP contribution in [0.5, 0.6) is 0 Å². The normalized spacial score (nSPS) is 19.8. The molecule has 1 aliphatic heterocycles. The summed E-state index contributed by atoms with van der Waals surface area (Å²) in [5, 5.41) is 11.2. The van der Waals surface area contributed by atoms with E-state index in [9.17, 15) is 13.5 Å². The minimum atomic E-state index is -3.49. The molecule has 2 heterocycles. The molecule has 21 heavy (non-hydrogen) atoms. The van der Waals surface area contributed by atoms with Crippen LogP contribution in [-0.4, -0.2) is 55.0 Å². The molecule has 1 unspecified atom stereocenters. The number of hydrogen-bond acceptors (Lipinski definition) is 5. The Bertz CT molecular complexity index is 575. The zero-order valence-electron chi connectivity index (χ0n) is 12.9. The summed E-state index contributed by atoms with van der Waals surface area (Å²) in [6.07, 6.45) is 1.07. The summed E-state index contributed by atoms with van der Waals surface area (Å²) >= 11 is 1.31. The lowest BCUT2D eigenvalue weighted by Crippen LogP contribution is -2.51. The summed E-state index contributed by atoms with van der Waals surface area (Å²) in [5.41, 5.74) is 0.730. The SMILES string of the molecule is CCC(C)N1CCN(S(=O)(=O)c2c(C)csc2CO)CC1. The quantitative estimate of drug-likeness (QED) is 0.891. The Morgan fingerprint density at radius 1 is 1.33 bits per heavy atom. The second-order valence-electron chi connectivity index (χ2n) is 5.53. The number of nitrogens with zero attached hydrogens (tertiary/aromatic N) is 2. The molecule has 1 aromatic heterocycles. The third kappa shape index (κ3) is 3.32. The predicted octanol–water partition coefficient (Wildman–Crippen LogP) is 1.65. The van der Waals surface area contributed by atoms with Crippen molar-refractivity contribution < 1.29 is 13.5 Å². The number of thiophene rings is 1. The molecule has 1 N–H and O–H groups in total. The molecule has 0 radical (unpaired) electrons. The minimum absolute atomic E-state index is 0.222. The third-order valence-electron chi connectivity index (χ3n) is 4.22. The maximum atomic E-state index is 12.8. The van der Waals surface area contributed by atoms with Gasteiger partial charge in [0.1, 0.15) is 4.90 Å². The molecule has 0 aliphatic carbocycles. The molecule has 7 heteroatoms. The molecule has 0 amide bonds. The molecule has 0 bridgehead atoms. The first-order valence-corrected chi connectivity index (χ1v) is 9.65. The number of aryl methyl sites for hydroxylation is 1. The summed E-state index contributed by atoms with van der Waals surface area (Å²) in [6.45, 7) is 8.47. The summed E-state index contributed by atoms with van der Waals surface area (Å²) in [5.74, 6) is 0. The number of aliphatic hydroxyl groups is 1.